The quantitative estimate of drug-likeness (QED) is 0.410. The summed E-state index contributed by atoms with van der Waals surface area (Å²) >= 11 is 7.07. The average Bonchev–Trinajstić information content (AvgIpc) is 2.88. The number of aryl methyl sites for hydroxylation is 2. The van der Waals surface area contributed by atoms with E-state index in [2.05, 4.69) is 9.97 Å². The zero-order valence-corrected chi connectivity index (χ0v) is 14.5. The highest BCUT2D eigenvalue weighted by Crippen LogP contribution is 2.17. The van der Waals surface area contributed by atoms with Gasteiger partial charge in [0.1, 0.15) is 0 Å². The predicted octanol–water partition coefficient (Wildman–Crippen LogP) is 1.01. The monoisotopic (exact) mass is 365 g/mol. The molecule has 0 saturated heterocycles. The molecule has 7 nitrogen and oxygen atoms in total. The number of nitrogens with zero attached hydrogens (tertiary/aromatic N) is 2. The third-order valence-electron chi connectivity index (χ3n) is 3.67. The van der Waals surface area contributed by atoms with Crippen LogP contribution in [0.3, 0.4) is 0 Å². The van der Waals surface area contributed by atoms with Gasteiger partial charge in [0.15, 0.2) is 5.78 Å². The lowest BCUT2D eigenvalue weighted by Gasteiger charge is -1.99. The molecule has 0 spiro atoms. The number of Topliss-reactive ketones (excluding diaryl/α,β-unsaturated/α-hetero) is 1. The fraction of sp³-hybridized carbons (Fsp3) is 0.200. The third kappa shape index (κ3) is 2.90. The zero-order valence-electron chi connectivity index (χ0n) is 12.9. The number of aromatic nitrogens is 4. The Bertz CT molecular complexity index is 1050. The summed E-state index contributed by atoms with van der Waals surface area (Å²) in [7, 11) is 3.26. The number of H-pyrrole nitrogens is 2. The molecule has 0 aliphatic carbocycles. The number of halogens is 1. The van der Waals surface area contributed by atoms with Crippen LogP contribution in [0.15, 0.2) is 39.0 Å². The van der Waals surface area contributed by atoms with Crippen LogP contribution in [0, 0.1) is 0 Å². The Morgan fingerprint density at radius 2 is 1.92 bits per heavy atom. The van der Waals surface area contributed by atoms with E-state index in [0.717, 1.165) is 0 Å². The lowest BCUT2D eigenvalue weighted by atomic mass is 10.1. The molecular formula is C15H14ClN4O3S+. The van der Waals surface area contributed by atoms with E-state index in [1.807, 2.05) is 0 Å². The Labute approximate surface area is 145 Å². The summed E-state index contributed by atoms with van der Waals surface area (Å²) in [4.78, 5) is 41.2. The van der Waals surface area contributed by atoms with Crippen LogP contribution in [0.5, 0.6) is 0 Å². The van der Waals surface area contributed by atoms with Gasteiger partial charge in [-0.3, -0.25) is 19.1 Å². The summed E-state index contributed by atoms with van der Waals surface area (Å²) in [5.41, 5.74) is 0.355. The van der Waals surface area contributed by atoms with Crippen molar-refractivity contribution < 1.29 is 9.36 Å². The summed E-state index contributed by atoms with van der Waals surface area (Å²) in [6.45, 7) is 0. The standard InChI is InChI=1S/C15H13ClN4O3S/c1-19-11-12(20(2)14(23)18-13(11)22)17-15(19)24-7-10(21)8-3-5-9(16)6-4-8/h3-6H,7H2,1-2H3,(H,18,22,23)/p+1. The number of benzene rings is 1. The molecule has 9 heteroatoms. The maximum atomic E-state index is 12.2. The average molecular weight is 366 g/mol. The maximum absolute atomic E-state index is 12.2. The first-order valence-electron chi connectivity index (χ1n) is 7.01. The number of carbonyl (C=O) groups is 1. The SMILES string of the molecule is Cn1c(=O)[nH]c(=O)c2c1[nH]c(SCC(=O)c1ccc(Cl)cc1)[n+]2C. The summed E-state index contributed by atoms with van der Waals surface area (Å²) in [6.07, 6.45) is 0. The molecule has 0 aliphatic rings. The predicted molar refractivity (Wildman–Crippen MR) is 91.8 cm³/mol. The van der Waals surface area contributed by atoms with Crippen LogP contribution in [0.1, 0.15) is 10.4 Å². The summed E-state index contributed by atoms with van der Waals surface area (Å²) < 4.78 is 2.95. The number of aromatic amines is 2. The molecule has 0 saturated carbocycles. The van der Waals surface area contributed by atoms with Crippen LogP contribution in [0.25, 0.3) is 11.2 Å². The number of hydrogen-bond acceptors (Lipinski definition) is 4. The van der Waals surface area contributed by atoms with E-state index in [0.29, 0.717) is 26.9 Å². The first kappa shape index (κ1) is 16.5. The number of fused-ring (bicyclic) bond motifs is 1. The van der Waals surface area contributed by atoms with E-state index in [1.54, 1.807) is 42.9 Å². The fourth-order valence-electron chi connectivity index (χ4n) is 2.33. The van der Waals surface area contributed by atoms with Gasteiger partial charge in [0.2, 0.25) is 0 Å². The molecule has 2 heterocycles. The molecule has 2 aromatic heterocycles. The second-order valence-electron chi connectivity index (χ2n) is 5.22. The molecule has 0 atom stereocenters. The lowest BCUT2D eigenvalue weighted by molar-refractivity contribution is -0.684. The molecule has 3 rings (SSSR count). The number of carbonyl (C=O) groups excluding carboxylic acids is 1. The molecule has 0 bridgehead atoms. The van der Waals surface area contributed by atoms with Crippen LogP contribution >= 0.6 is 23.4 Å². The minimum Gasteiger partial charge on any atom is -0.293 e. The first-order chi connectivity index (χ1) is 11.4. The Morgan fingerprint density at radius 3 is 2.58 bits per heavy atom. The summed E-state index contributed by atoms with van der Waals surface area (Å²) in [5, 5.41) is 1.18. The van der Waals surface area contributed by atoms with E-state index in [9.17, 15) is 14.4 Å². The van der Waals surface area contributed by atoms with Crippen molar-refractivity contribution in [2.45, 2.75) is 5.16 Å². The second-order valence-corrected chi connectivity index (χ2v) is 6.62. The highest BCUT2D eigenvalue weighted by Gasteiger charge is 2.23. The van der Waals surface area contributed by atoms with E-state index in [4.69, 9.17) is 11.6 Å². The van der Waals surface area contributed by atoms with E-state index in [-0.39, 0.29) is 11.5 Å². The Hall–Kier alpha value is -2.32. The van der Waals surface area contributed by atoms with Crippen molar-refractivity contribution in [2.75, 3.05) is 5.75 Å². The summed E-state index contributed by atoms with van der Waals surface area (Å²) in [5.74, 6) is 0.131. The third-order valence-corrected chi connectivity index (χ3v) is 4.98. The number of imidazole rings is 1. The van der Waals surface area contributed by atoms with Crippen LogP contribution in [0.2, 0.25) is 5.02 Å². The van der Waals surface area contributed by atoms with Gasteiger partial charge in [-0.1, -0.05) is 11.6 Å². The van der Waals surface area contributed by atoms with Crippen molar-refractivity contribution in [3.05, 3.63) is 55.7 Å². The Kier molecular flexibility index (Phi) is 4.33. The van der Waals surface area contributed by atoms with Gasteiger partial charge >= 0.3 is 16.4 Å². The minimum atomic E-state index is -0.497. The molecule has 0 unspecified atom stereocenters. The normalized spacial score (nSPS) is 11.1. The largest absolute Gasteiger partial charge is 0.331 e. The number of rotatable bonds is 4. The molecule has 0 fully saturated rings. The van der Waals surface area contributed by atoms with Gasteiger partial charge in [0.05, 0.1) is 12.8 Å². The molecule has 1 aromatic carbocycles. The van der Waals surface area contributed by atoms with Crippen molar-refractivity contribution in [3.63, 3.8) is 0 Å². The van der Waals surface area contributed by atoms with Crippen molar-refractivity contribution in [1.82, 2.24) is 14.5 Å². The first-order valence-corrected chi connectivity index (χ1v) is 8.37. The molecule has 0 aliphatic heterocycles. The molecular weight excluding hydrogens is 352 g/mol. The molecule has 2 N–H and O–H groups in total. The molecule has 124 valence electrons. The van der Waals surface area contributed by atoms with E-state index < -0.39 is 11.2 Å². The number of nitrogens with one attached hydrogen (secondary N) is 2. The number of hydrogen-bond donors (Lipinski definition) is 2. The number of thioether (sulfide) groups is 1. The van der Waals surface area contributed by atoms with Crippen LogP contribution in [0.4, 0.5) is 0 Å². The van der Waals surface area contributed by atoms with Crippen molar-refractivity contribution in [3.8, 4) is 0 Å². The summed E-state index contributed by atoms with van der Waals surface area (Å²) in [6, 6.07) is 6.67. The topological polar surface area (TPSA) is 91.6 Å². The van der Waals surface area contributed by atoms with Crippen molar-refractivity contribution in [1.29, 1.82) is 0 Å². The second kappa shape index (κ2) is 6.29. The van der Waals surface area contributed by atoms with Gasteiger partial charge in [0, 0.05) is 17.6 Å². The van der Waals surface area contributed by atoms with Crippen LogP contribution in [-0.2, 0) is 14.1 Å². The molecule has 3 aromatic rings. The van der Waals surface area contributed by atoms with Gasteiger partial charge < -0.3 is 0 Å². The van der Waals surface area contributed by atoms with Gasteiger partial charge in [-0.05, 0) is 36.0 Å². The van der Waals surface area contributed by atoms with Crippen LogP contribution in [-0.4, -0.2) is 26.1 Å². The van der Waals surface area contributed by atoms with Gasteiger partial charge in [0.25, 0.3) is 11.2 Å². The smallest absolute Gasteiger partial charge is 0.293 e. The van der Waals surface area contributed by atoms with E-state index >= 15 is 0 Å². The molecule has 0 radical (unpaired) electrons. The highest BCUT2D eigenvalue weighted by atomic mass is 35.5. The lowest BCUT2D eigenvalue weighted by Crippen LogP contribution is -2.37. The molecule has 24 heavy (non-hydrogen) atoms. The van der Waals surface area contributed by atoms with Gasteiger partial charge in [-0.15, -0.1) is 0 Å². The number of ketones is 1. The van der Waals surface area contributed by atoms with Crippen LogP contribution < -0.4 is 15.8 Å². The van der Waals surface area contributed by atoms with E-state index in [1.165, 1.54) is 16.3 Å². The molecule has 0 amide bonds. The highest BCUT2D eigenvalue weighted by molar-refractivity contribution is 7.99. The van der Waals surface area contributed by atoms with Crippen molar-refractivity contribution >= 4 is 40.3 Å². The Balaban J connectivity index is 1.90. The van der Waals surface area contributed by atoms with Gasteiger partial charge in [-0.2, -0.15) is 0 Å². The maximum Gasteiger partial charge on any atom is 0.331 e. The fourth-order valence-corrected chi connectivity index (χ4v) is 3.35. The minimum absolute atomic E-state index is 0.0573. The van der Waals surface area contributed by atoms with Gasteiger partial charge in [-0.25, -0.2) is 14.3 Å². The Morgan fingerprint density at radius 1 is 1.25 bits per heavy atom. The zero-order chi connectivity index (χ0) is 17.4. The van der Waals surface area contributed by atoms with Crippen molar-refractivity contribution in [2.24, 2.45) is 14.1 Å².